The van der Waals surface area contributed by atoms with Crippen molar-refractivity contribution in [1.82, 2.24) is 19.8 Å². The number of amides is 1. The fourth-order valence-electron chi connectivity index (χ4n) is 3.75. The van der Waals surface area contributed by atoms with Crippen LogP contribution in [0.5, 0.6) is 0 Å². The molecule has 0 unspecified atom stereocenters. The quantitative estimate of drug-likeness (QED) is 0.610. The first-order valence-corrected chi connectivity index (χ1v) is 11.8. The molecule has 7 heteroatoms. The van der Waals surface area contributed by atoms with E-state index >= 15 is 0 Å². The summed E-state index contributed by atoms with van der Waals surface area (Å²) < 4.78 is 0. The maximum Gasteiger partial charge on any atom is 0.264 e. The Morgan fingerprint density at radius 1 is 1.14 bits per heavy atom. The summed E-state index contributed by atoms with van der Waals surface area (Å²) >= 11 is 3.32. The van der Waals surface area contributed by atoms with Gasteiger partial charge in [0.25, 0.3) is 5.91 Å². The van der Waals surface area contributed by atoms with E-state index in [1.54, 1.807) is 11.3 Å². The number of aryl methyl sites for hydroxylation is 2. The van der Waals surface area contributed by atoms with Gasteiger partial charge < -0.3 is 4.90 Å². The summed E-state index contributed by atoms with van der Waals surface area (Å²) in [6.45, 7) is 14.8. The molecule has 1 saturated heterocycles. The fourth-order valence-corrected chi connectivity index (χ4v) is 5.70. The zero-order valence-corrected chi connectivity index (χ0v) is 19.4. The molecule has 3 aromatic rings. The molecule has 1 fully saturated rings. The smallest absolute Gasteiger partial charge is 0.264 e. The van der Waals surface area contributed by atoms with Gasteiger partial charge in [0.2, 0.25) is 0 Å². The van der Waals surface area contributed by atoms with Gasteiger partial charge in [-0.2, -0.15) is 0 Å². The molecule has 29 heavy (non-hydrogen) atoms. The number of carbonyl (C=O) groups is 1. The number of piperazine rings is 1. The van der Waals surface area contributed by atoms with Crippen molar-refractivity contribution in [2.24, 2.45) is 0 Å². The molecule has 3 aromatic heterocycles. The summed E-state index contributed by atoms with van der Waals surface area (Å²) in [5.74, 6) is 0.975. The molecule has 0 aromatic carbocycles. The molecule has 0 radical (unpaired) electrons. The van der Waals surface area contributed by atoms with E-state index in [0.717, 1.165) is 64.9 Å². The van der Waals surface area contributed by atoms with Crippen LogP contribution in [0.3, 0.4) is 0 Å². The molecule has 5 nitrogen and oxygen atoms in total. The van der Waals surface area contributed by atoms with Crippen LogP contribution in [0.15, 0.2) is 17.5 Å². The van der Waals surface area contributed by atoms with Crippen LogP contribution in [0.25, 0.3) is 10.2 Å². The lowest BCUT2D eigenvalue weighted by Crippen LogP contribution is -2.48. The number of carbonyl (C=O) groups excluding carboxylic acids is 1. The molecule has 0 atom stereocenters. The molecule has 4 heterocycles. The zero-order chi connectivity index (χ0) is 20.8. The molecule has 0 spiro atoms. The average molecular weight is 429 g/mol. The predicted octanol–water partition coefficient (Wildman–Crippen LogP) is 4.63. The van der Waals surface area contributed by atoms with Gasteiger partial charge in [-0.25, -0.2) is 9.97 Å². The Morgan fingerprint density at radius 2 is 1.86 bits per heavy atom. The van der Waals surface area contributed by atoms with Crippen molar-refractivity contribution < 1.29 is 4.79 Å². The number of hydrogen-bond donors (Lipinski definition) is 0. The second kappa shape index (κ2) is 7.78. The minimum absolute atomic E-state index is 0.111. The molecular weight excluding hydrogens is 400 g/mol. The van der Waals surface area contributed by atoms with E-state index in [4.69, 9.17) is 9.97 Å². The van der Waals surface area contributed by atoms with E-state index in [1.165, 1.54) is 16.2 Å². The minimum atomic E-state index is -0.111. The van der Waals surface area contributed by atoms with Crippen molar-refractivity contribution in [2.45, 2.75) is 46.6 Å². The van der Waals surface area contributed by atoms with Gasteiger partial charge in [-0.3, -0.25) is 9.69 Å². The molecule has 4 rings (SSSR count). The summed E-state index contributed by atoms with van der Waals surface area (Å²) in [6, 6.07) is 4.28. The lowest BCUT2D eigenvalue weighted by atomic mass is 9.95. The van der Waals surface area contributed by atoms with Crippen LogP contribution in [0.2, 0.25) is 0 Å². The molecule has 0 aliphatic carbocycles. The molecule has 0 N–H and O–H groups in total. The predicted molar refractivity (Wildman–Crippen MR) is 121 cm³/mol. The van der Waals surface area contributed by atoms with E-state index in [0.29, 0.717) is 0 Å². The third kappa shape index (κ3) is 4.09. The number of fused-ring (bicyclic) bond motifs is 1. The van der Waals surface area contributed by atoms with E-state index in [2.05, 4.69) is 43.2 Å². The Bertz CT molecular complexity index is 1030. The molecule has 0 saturated carbocycles. The van der Waals surface area contributed by atoms with Crippen molar-refractivity contribution in [1.29, 1.82) is 0 Å². The maximum atomic E-state index is 13.3. The lowest BCUT2D eigenvalue weighted by Gasteiger charge is -2.34. The topological polar surface area (TPSA) is 49.3 Å². The highest BCUT2D eigenvalue weighted by molar-refractivity contribution is 7.20. The number of rotatable bonds is 3. The third-order valence-corrected chi connectivity index (χ3v) is 7.49. The van der Waals surface area contributed by atoms with E-state index < -0.39 is 0 Å². The first kappa shape index (κ1) is 20.4. The number of nitrogens with zero attached hydrogens (tertiary/aromatic N) is 4. The fraction of sp³-hybridized carbons (Fsp3) is 0.500. The highest BCUT2D eigenvalue weighted by atomic mass is 32.1. The van der Waals surface area contributed by atoms with Gasteiger partial charge in [-0.05, 0) is 30.9 Å². The number of hydrogen-bond acceptors (Lipinski definition) is 6. The van der Waals surface area contributed by atoms with Crippen molar-refractivity contribution in [3.63, 3.8) is 0 Å². The van der Waals surface area contributed by atoms with Crippen LogP contribution in [0.1, 0.15) is 52.4 Å². The second-order valence-electron chi connectivity index (χ2n) is 8.77. The largest absolute Gasteiger partial charge is 0.335 e. The summed E-state index contributed by atoms with van der Waals surface area (Å²) in [7, 11) is 0. The summed E-state index contributed by atoms with van der Waals surface area (Å²) in [5, 5.41) is 3.16. The molecule has 0 bridgehead atoms. The van der Waals surface area contributed by atoms with Crippen LogP contribution < -0.4 is 0 Å². The first-order chi connectivity index (χ1) is 13.7. The van der Waals surface area contributed by atoms with Crippen molar-refractivity contribution in [3.05, 3.63) is 44.3 Å². The summed E-state index contributed by atoms with van der Waals surface area (Å²) in [4.78, 5) is 30.4. The van der Waals surface area contributed by atoms with E-state index in [9.17, 15) is 4.79 Å². The first-order valence-electron chi connectivity index (χ1n) is 10.1. The van der Waals surface area contributed by atoms with Crippen molar-refractivity contribution in [3.8, 4) is 0 Å². The number of aromatic nitrogens is 2. The molecule has 1 aliphatic rings. The molecule has 1 aliphatic heterocycles. The average Bonchev–Trinajstić information content (AvgIpc) is 3.29. The Labute approximate surface area is 180 Å². The van der Waals surface area contributed by atoms with Crippen LogP contribution in [0.4, 0.5) is 0 Å². The van der Waals surface area contributed by atoms with Gasteiger partial charge in [0, 0.05) is 48.4 Å². The van der Waals surface area contributed by atoms with Crippen LogP contribution in [-0.2, 0) is 12.0 Å². The summed E-state index contributed by atoms with van der Waals surface area (Å²) in [6.07, 6.45) is 0. The highest BCUT2D eigenvalue weighted by Gasteiger charge is 2.27. The Hall–Kier alpha value is -1.83. The molecule has 1 amide bonds. The monoisotopic (exact) mass is 428 g/mol. The SMILES string of the molecule is Cc1nc(C(C)(C)C)nc2sc(C(=O)N3CCN(Cc4cccs4)CC3)c(C)c12. The maximum absolute atomic E-state index is 13.3. The van der Waals surface area contributed by atoms with Gasteiger partial charge >= 0.3 is 0 Å². The second-order valence-corrected chi connectivity index (χ2v) is 10.8. The normalized spacial score (nSPS) is 16.0. The summed E-state index contributed by atoms with van der Waals surface area (Å²) in [5.41, 5.74) is 1.88. The van der Waals surface area contributed by atoms with Gasteiger partial charge in [0.15, 0.2) is 0 Å². The third-order valence-electron chi connectivity index (χ3n) is 5.46. The zero-order valence-electron chi connectivity index (χ0n) is 17.8. The highest BCUT2D eigenvalue weighted by Crippen LogP contribution is 2.34. The Kier molecular flexibility index (Phi) is 5.48. The van der Waals surface area contributed by atoms with Gasteiger partial charge in [-0.15, -0.1) is 22.7 Å². The minimum Gasteiger partial charge on any atom is -0.335 e. The lowest BCUT2D eigenvalue weighted by molar-refractivity contribution is 0.0634. The van der Waals surface area contributed by atoms with Gasteiger partial charge in [-0.1, -0.05) is 26.8 Å². The Balaban J connectivity index is 1.53. The van der Waals surface area contributed by atoms with Gasteiger partial charge in [0.1, 0.15) is 10.7 Å². The molecule has 154 valence electrons. The molecular formula is C22H28N4OS2. The van der Waals surface area contributed by atoms with Gasteiger partial charge in [0.05, 0.1) is 10.6 Å². The standard InChI is InChI=1S/C22H28N4OS2/c1-14-17-15(2)23-21(22(3,4)5)24-19(17)29-18(14)20(27)26-10-8-25(9-11-26)13-16-7-6-12-28-16/h6-7,12H,8-11,13H2,1-5H3. The number of thiophene rings is 2. The van der Waals surface area contributed by atoms with Crippen LogP contribution >= 0.6 is 22.7 Å². The van der Waals surface area contributed by atoms with Crippen molar-refractivity contribution in [2.75, 3.05) is 26.2 Å². The van der Waals surface area contributed by atoms with Crippen molar-refractivity contribution >= 4 is 38.8 Å². The Morgan fingerprint density at radius 3 is 2.48 bits per heavy atom. The van der Waals surface area contributed by atoms with Crippen LogP contribution in [-0.4, -0.2) is 51.9 Å². The van der Waals surface area contributed by atoms with E-state index in [-0.39, 0.29) is 11.3 Å². The van der Waals surface area contributed by atoms with E-state index in [1.807, 2.05) is 18.7 Å². The van der Waals surface area contributed by atoms with Crippen LogP contribution in [0, 0.1) is 13.8 Å².